The van der Waals surface area contributed by atoms with Gasteiger partial charge in [-0.1, -0.05) is 38.1 Å². The van der Waals surface area contributed by atoms with E-state index in [0.717, 1.165) is 32.0 Å². The molecule has 20 heavy (non-hydrogen) atoms. The molecule has 108 valence electrons. The lowest BCUT2D eigenvalue weighted by molar-refractivity contribution is 0.389. The Morgan fingerprint density at radius 3 is 3.00 bits per heavy atom. The smallest absolute Gasteiger partial charge is 0.191 e. The molecule has 1 aromatic carbocycles. The number of nitrogens with one attached hydrogen (secondary N) is 2. The molecule has 1 aliphatic heterocycles. The van der Waals surface area contributed by atoms with E-state index in [0.29, 0.717) is 11.3 Å². The molecule has 2 N–H and O–H groups in total. The molecule has 0 saturated heterocycles. The highest BCUT2D eigenvalue weighted by atomic mass is 15.2. The maximum absolute atomic E-state index is 4.49. The maximum atomic E-state index is 4.49. The molecule has 0 radical (unpaired) electrons. The van der Waals surface area contributed by atoms with Crippen molar-refractivity contribution in [3.63, 3.8) is 0 Å². The minimum Gasteiger partial charge on any atom is -0.356 e. The minimum absolute atomic E-state index is 0.313. The Kier molecular flexibility index (Phi) is 3.68. The highest BCUT2D eigenvalue weighted by Gasteiger charge is 2.32. The van der Waals surface area contributed by atoms with Crippen molar-refractivity contribution < 1.29 is 0 Å². The van der Waals surface area contributed by atoms with Crippen molar-refractivity contribution in [2.75, 3.05) is 19.6 Å². The first-order chi connectivity index (χ1) is 9.67. The van der Waals surface area contributed by atoms with Gasteiger partial charge in [0.05, 0.1) is 0 Å². The zero-order chi connectivity index (χ0) is 14.0. The van der Waals surface area contributed by atoms with Crippen LogP contribution < -0.4 is 10.6 Å². The van der Waals surface area contributed by atoms with Gasteiger partial charge in [-0.2, -0.15) is 0 Å². The summed E-state index contributed by atoms with van der Waals surface area (Å²) in [7, 11) is 0. The van der Waals surface area contributed by atoms with Crippen molar-refractivity contribution in [1.29, 1.82) is 0 Å². The third-order valence-electron chi connectivity index (χ3n) is 4.66. The molecule has 1 aliphatic carbocycles. The monoisotopic (exact) mass is 271 g/mol. The second kappa shape index (κ2) is 5.47. The van der Waals surface area contributed by atoms with E-state index in [2.05, 4.69) is 53.7 Å². The van der Waals surface area contributed by atoms with Gasteiger partial charge in [0.15, 0.2) is 5.96 Å². The Labute approximate surface area is 121 Å². The topological polar surface area (TPSA) is 36.4 Å². The van der Waals surface area contributed by atoms with Crippen molar-refractivity contribution in [2.24, 2.45) is 4.99 Å². The fraction of sp³-hybridized carbons (Fsp3) is 0.588. The quantitative estimate of drug-likeness (QED) is 0.868. The van der Waals surface area contributed by atoms with E-state index in [4.69, 9.17) is 0 Å². The normalized spacial score (nSPS) is 24.3. The fourth-order valence-corrected chi connectivity index (χ4v) is 3.38. The van der Waals surface area contributed by atoms with Gasteiger partial charge in [-0.25, -0.2) is 0 Å². The van der Waals surface area contributed by atoms with Crippen LogP contribution in [0.25, 0.3) is 0 Å². The van der Waals surface area contributed by atoms with E-state index < -0.39 is 0 Å². The van der Waals surface area contributed by atoms with E-state index in [1.54, 1.807) is 0 Å². The van der Waals surface area contributed by atoms with Crippen molar-refractivity contribution in [3.05, 3.63) is 35.4 Å². The SMILES string of the molecule is CC1(C)CCC(CNC2=NCCCN2)c2ccccc21. The predicted molar refractivity (Wildman–Crippen MR) is 84.4 cm³/mol. The maximum Gasteiger partial charge on any atom is 0.191 e. The predicted octanol–water partition coefficient (Wildman–Crippen LogP) is 2.78. The van der Waals surface area contributed by atoms with E-state index in [9.17, 15) is 0 Å². The molecule has 3 heteroatoms. The number of hydrogen-bond donors (Lipinski definition) is 2. The molecule has 0 fully saturated rings. The summed E-state index contributed by atoms with van der Waals surface area (Å²) in [5.41, 5.74) is 3.36. The Bertz CT molecular complexity index is 505. The summed E-state index contributed by atoms with van der Waals surface area (Å²) in [4.78, 5) is 4.49. The van der Waals surface area contributed by atoms with Gasteiger partial charge >= 0.3 is 0 Å². The zero-order valence-electron chi connectivity index (χ0n) is 12.6. The second-order valence-electron chi connectivity index (χ2n) is 6.60. The molecule has 1 unspecified atom stereocenters. The van der Waals surface area contributed by atoms with Crippen LogP contribution in [0.5, 0.6) is 0 Å². The summed E-state index contributed by atoms with van der Waals surface area (Å²) in [6.45, 7) is 7.70. The van der Waals surface area contributed by atoms with E-state index in [1.807, 2.05) is 0 Å². The lowest BCUT2D eigenvalue weighted by Gasteiger charge is -2.37. The summed E-state index contributed by atoms with van der Waals surface area (Å²) in [5, 5.41) is 6.84. The number of benzene rings is 1. The van der Waals surface area contributed by atoms with Crippen molar-refractivity contribution in [2.45, 2.75) is 44.4 Å². The lowest BCUT2D eigenvalue weighted by atomic mass is 9.69. The van der Waals surface area contributed by atoms with Crippen LogP contribution in [0.4, 0.5) is 0 Å². The van der Waals surface area contributed by atoms with Gasteiger partial charge in [0.1, 0.15) is 0 Å². The zero-order valence-corrected chi connectivity index (χ0v) is 12.6. The Hall–Kier alpha value is -1.51. The average molecular weight is 271 g/mol. The van der Waals surface area contributed by atoms with Gasteiger partial charge in [-0.3, -0.25) is 4.99 Å². The van der Waals surface area contributed by atoms with Crippen LogP contribution in [0, 0.1) is 0 Å². The van der Waals surface area contributed by atoms with Crippen molar-refractivity contribution in [1.82, 2.24) is 10.6 Å². The van der Waals surface area contributed by atoms with E-state index in [-0.39, 0.29) is 0 Å². The van der Waals surface area contributed by atoms with Gasteiger partial charge in [0, 0.05) is 25.6 Å². The summed E-state index contributed by atoms with van der Waals surface area (Å²) in [6.07, 6.45) is 3.66. The molecule has 0 saturated carbocycles. The van der Waals surface area contributed by atoms with Gasteiger partial charge in [-0.05, 0) is 35.8 Å². The molecular formula is C17H25N3. The van der Waals surface area contributed by atoms with E-state index >= 15 is 0 Å². The fourth-order valence-electron chi connectivity index (χ4n) is 3.38. The molecule has 0 bridgehead atoms. The van der Waals surface area contributed by atoms with E-state index in [1.165, 1.54) is 24.0 Å². The molecular weight excluding hydrogens is 246 g/mol. The molecule has 0 spiro atoms. The first-order valence-corrected chi connectivity index (χ1v) is 7.78. The average Bonchev–Trinajstić information content (AvgIpc) is 2.48. The molecule has 1 atom stereocenters. The van der Waals surface area contributed by atoms with Crippen LogP contribution in [0.15, 0.2) is 29.3 Å². The largest absolute Gasteiger partial charge is 0.356 e. The number of aliphatic imine (C=N–C) groups is 1. The van der Waals surface area contributed by atoms with Crippen LogP contribution >= 0.6 is 0 Å². The minimum atomic E-state index is 0.313. The Morgan fingerprint density at radius 1 is 1.35 bits per heavy atom. The summed E-state index contributed by atoms with van der Waals surface area (Å²) in [6, 6.07) is 8.95. The number of hydrogen-bond acceptors (Lipinski definition) is 3. The van der Waals surface area contributed by atoms with Crippen LogP contribution in [0.3, 0.4) is 0 Å². The lowest BCUT2D eigenvalue weighted by Crippen LogP contribution is -2.43. The number of fused-ring (bicyclic) bond motifs is 1. The van der Waals surface area contributed by atoms with Crippen LogP contribution in [0.1, 0.15) is 50.2 Å². The van der Waals surface area contributed by atoms with Crippen LogP contribution in [-0.4, -0.2) is 25.6 Å². The third-order valence-corrected chi connectivity index (χ3v) is 4.66. The first kappa shape index (κ1) is 13.5. The molecule has 0 amide bonds. The third kappa shape index (κ3) is 2.67. The second-order valence-corrected chi connectivity index (χ2v) is 6.60. The summed E-state index contributed by atoms with van der Waals surface area (Å²) >= 11 is 0. The molecule has 3 nitrogen and oxygen atoms in total. The van der Waals surface area contributed by atoms with Crippen LogP contribution in [0.2, 0.25) is 0 Å². The first-order valence-electron chi connectivity index (χ1n) is 7.78. The highest BCUT2D eigenvalue weighted by Crippen LogP contribution is 2.42. The molecule has 1 aromatic rings. The standard InChI is InChI=1S/C17H25N3/c1-17(2)9-8-13(14-6-3-4-7-15(14)17)12-20-16-18-10-5-11-19-16/h3-4,6-7,13H,5,8-12H2,1-2H3,(H2,18,19,20). The highest BCUT2D eigenvalue weighted by molar-refractivity contribution is 5.80. The summed E-state index contributed by atoms with van der Waals surface area (Å²) in [5.74, 6) is 1.59. The number of nitrogens with zero attached hydrogens (tertiary/aromatic N) is 1. The molecule has 0 aromatic heterocycles. The number of rotatable bonds is 2. The Balaban J connectivity index is 1.73. The molecule has 1 heterocycles. The van der Waals surface area contributed by atoms with Crippen molar-refractivity contribution >= 4 is 5.96 Å². The van der Waals surface area contributed by atoms with Gasteiger partial charge < -0.3 is 10.6 Å². The summed E-state index contributed by atoms with van der Waals surface area (Å²) < 4.78 is 0. The van der Waals surface area contributed by atoms with Crippen LogP contribution in [-0.2, 0) is 5.41 Å². The van der Waals surface area contributed by atoms with Gasteiger partial charge in [0.25, 0.3) is 0 Å². The van der Waals surface area contributed by atoms with Gasteiger partial charge in [-0.15, -0.1) is 0 Å². The molecule has 2 aliphatic rings. The number of guanidine groups is 1. The molecule has 3 rings (SSSR count). The Morgan fingerprint density at radius 2 is 2.20 bits per heavy atom. The van der Waals surface area contributed by atoms with Gasteiger partial charge in [0.2, 0.25) is 0 Å². The van der Waals surface area contributed by atoms with Crippen molar-refractivity contribution in [3.8, 4) is 0 Å².